The molecule has 0 amide bonds. The van der Waals surface area contributed by atoms with Gasteiger partial charge in [0.25, 0.3) is 0 Å². The first-order valence-corrected chi connectivity index (χ1v) is 11.5. The zero-order valence-electron chi connectivity index (χ0n) is 18.2. The van der Waals surface area contributed by atoms with Crippen LogP contribution < -0.4 is 4.72 Å². The average molecular weight is 504 g/mol. The molecule has 0 bridgehead atoms. The van der Waals surface area contributed by atoms with E-state index in [2.05, 4.69) is 21.0 Å². The minimum absolute atomic E-state index is 0.109. The van der Waals surface area contributed by atoms with E-state index in [4.69, 9.17) is 0 Å². The highest BCUT2D eigenvalue weighted by molar-refractivity contribution is 7.89. The molecule has 0 aliphatic carbocycles. The molecule has 4 aromatic rings. The smallest absolute Gasteiger partial charge is 0.289 e. The Morgan fingerprint density at radius 1 is 1.09 bits per heavy atom. The van der Waals surface area contributed by atoms with Gasteiger partial charge in [-0.1, -0.05) is 0 Å². The van der Waals surface area contributed by atoms with Crippen LogP contribution in [-0.2, 0) is 10.0 Å². The van der Waals surface area contributed by atoms with Crippen molar-refractivity contribution >= 4 is 21.1 Å². The standard InChI is InChI=1S/C22H16F4N6O2S/c1-12-7-18-20(30-9-12)16(8-27)21(32(18)19-6-3-14(23)10-29-19)17-5-4-15(11-28-17)35(33,34)31-13(2)22(24,25)26/h3-7,9-11,13,31H,1-2H3. The zero-order chi connectivity index (χ0) is 25.5. The second kappa shape index (κ2) is 8.71. The molecular formula is C22H16F4N6O2S. The van der Waals surface area contributed by atoms with Crippen molar-refractivity contribution in [1.82, 2.24) is 24.2 Å². The van der Waals surface area contributed by atoms with Gasteiger partial charge in [-0.3, -0.25) is 14.5 Å². The highest BCUT2D eigenvalue weighted by Crippen LogP contribution is 2.34. The van der Waals surface area contributed by atoms with Gasteiger partial charge in [0.1, 0.15) is 39.7 Å². The maximum Gasteiger partial charge on any atom is 0.404 e. The third-order valence-electron chi connectivity index (χ3n) is 5.11. The number of hydrogen-bond acceptors (Lipinski definition) is 6. The fraction of sp³-hybridized carbons (Fsp3) is 0.182. The second-order valence-electron chi connectivity index (χ2n) is 7.65. The van der Waals surface area contributed by atoms with E-state index in [-0.39, 0.29) is 22.8 Å². The summed E-state index contributed by atoms with van der Waals surface area (Å²) in [7, 11) is -4.53. The Hall–Kier alpha value is -3.89. The molecule has 4 rings (SSSR count). The molecular weight excluding hydrogens is 488 g/mol. The van der Waals surface area contributed by atoms with Gasteiger partial charge in [0.2, 0.25) is 10.0 Å². The van der Waals surface area contributed by atoms with E-state index in [1.165, 1.54) is 22.8 Å². The first-order valence-electron chi connectivity index (χ1n) is 10.0. The van der Waals surface area contributed by atoms with Crippen LogP contribution in [0.3, 0.4) is 0 Å². The largest absolute Gasteiger partial charge is 0.404 e. The number of halogens is 4. The van der Waals surface area contributed by atoms with Gasteiger partial charge >= 0.3 is 6.18 Å². The number of pyridine rings is 3. The lowest BCUT2D eigenvalue weighted by Crippen LogP contribution is -2.42. The van der Waals surface area contributed by atoms with Crippen LogP contribution in [0, 0.1) is 24.1 Å². The lowest BCUT2D eigenvalue weighted by molar-refractivity contribution is -0.147. The maximum atomic E-state index is 13.5. The summed E-state index contributed by atoms with van der Waals surface area (Å²) in [5, 5.41) is 9.89. The highest BCUT2D eigenvalue weighted by Gasteiger charge is 2.39. The molecule has 0 spiro atoms. The molecule has 0 aliphatic heterocycles. The third kappa shape index (κ3) is 4.58. The lowest BCUT2D eigenvalue weighted by Gasteiger charge is -2.17. The minimum atomic E-state index is -4.77. The zero-order valence-corrected chi connectivity index (χ0v) is 19.0. The van der Waals surface area contributed by atoms with E-state index < -0.39 is 33.0 Å². The Balaban J connectivity index is 1.88. The Kier molecular flexibility index (Phi) is 6.04. The molecule has 4 heterocycles. The number of sulfonamides is 1. The molecule has 35 heavy (non-hydrogen) atoms. The Morgan fingerprint density at radius 3 is 2.40 bits per heavy atom. The van der Waals surface area contributed by atoms with Gasteiger partial charge in [-0.25, -0.2) is 17.8 Å². The van der Waals surface area contributed by atoms with Crippen molar-refractivity contribution in [3.8, 4) is 23.3 Å². The number of fused-ring (bicyclic) bond motifs is 1. The summed E-state index contributed by atoms with van der Waals surface area (Å²) in [6, 6.07) is 6.42. The Labute approximate surface area is 196 Å². The van der Waals surface area contributed by atoms with Crippen LogP contribution in [-0.4, -0.2) is 40.2 Å². The third-order valence-corrected chi connectivity index (χ3v) is 6.63. The number of alkyl halides is 3. The van der Waals surface area contributed by atoms with E-state index in [1.807, 2.05) is 0 Å². The van der Waals surface area contributed by atoms with E-state index in [0.717, 1.165) is 24.0 Å². The molecule has 0 fully saturated rings. The molecule has 180 valence electrons. The molecule has 0 aliphatic rings. The van der Waals surface area contributed by atoms with Gasteiger partial charge in [-0.05, 0) is 49.7 Å². The normalized spacial score (nSPS) is 13.1. The molecule has 0 saturated carbocycles. The van der Waals surface area contributed by atoms with Gasteiger partial charge < -0.3 is 0 Å². The van der Waals surface area contributed by atoms with Crippen LogP contribution in [0.4, 0.5) is 17.6 Å². The summed E-state index contributed by atoms with van der Waals surface area (Å²) in [6.07, 6.45) is -1.32. The molecule has 0 radical (unpaired) electrons. The fourth-order valence-corrected chi connectivity index (χ4v) is 4.57. The molecule has 13 heteroatoms. The molecule has 1 N–H and O–H groups in total. The van der Waals surface area contributed by atoms with Crippen LogP contribution in [0.1, 0.15) is 18.1 Å². The van der Waals surface area contributed by atoms with Gasteiger partial charge in [0, 0.05) is 12.4 Å². The predicted molar refractivity (Wildman–Crippen MR) is 117 cm³/mol. The van der Waals surface area contributed by atoms with Crippen molar-refractivity contribution < 1.29 is 26.0 Å². The van der Waals surface area contributed by atoms with Crippen molar-refractivity contribution in [1.29, 1.82) is 5.26 Å². The molecule has 0 aromatic carbocycles. The van der Waals surface area contributed by atoms with Crippen LogP contribution in [0.25, 0.3) is 28.2 Å². The van der Waals surface area contributed by atoms with Crippen molar-refractivity contribution in [2.24, 2.45) is 0 Å². The van der Waals surface area contributed by atoms with Crippen LogP contribution in [0.15, 0.2) is 53.8 Å². The minimum Gasteiger partial charge on any atom is -0.289 e. The maximum absolute atomic E-state index is 13.5. The number of nitrogens with zero attached hydrogens (tertiary/aromatic N) is 5. The summed E-state index contributed by atoms with van der Waals surface area (Å²) in [5.74, 6) is -0.325. The Bertz CT molecular complexity index is 1560. The highest BCUT2D eigenvalue weighted by atomic mass is 32.2. The van der Waals surface area contributed by atoms with Crippen molar-refractivity contribution in [2.45, 2.75) is 31.0 Å². The van der Waals surface area contributed by atoms with E-state index in [0.29, 0.717) is 18.0 Å². The average Bonchev–Trinajstić information content (AvgIpc) is 3.12. The van der Waals surface area contributed by atoms with Crippen LogP contribution in [0.5, 0.6) is 0 Å². The van der Waals surface area contributed by atoms with E-state index in [9.17, 15) is 31.2 Å². The molecule has 4 aromatic heterocycles. The molecule has 0 saturated heterocycles. The predicted octanol–water partition coefficient (Wildman–Crippen LogP) is 4.03. The van der Waals surface area contributed by atoms with E-state index >= 15 is 0 Å². The van der Waals surface area contributed by atoms with Crippen molar-refractivity contribution in [2.75, 3.05) is 0 Å². The second-order valence-corrected chi connectivity index (χ2v) is 9.36. The number of aryl methyl sites for hydroxylation is 1. The fourth-order valence-electron chi connectivity index (χ4n) is 3.39. The number of hydrogen-bond donors (Lipinski definition) is 1. The van der Waals surface area contributed by atoms with Gasteiger partial charge in [0.15, 0.2) is 0 Å². The summed E-state index contributed by atoms with van der Waals surface area (Å²) in [5.41, 5.74) is 2.02. The molecule has 1 atom stereocenters. The summed E-state index contributed by atoms with van der Waals surface area (Å²) in [6.45, 7) is 2.47. The topological polar surface area (TPSA) is 114 Å². The number of aromatic nitrogens is 4. The van der Waals surface area contributed by atoms with E-state index in [1.54, 1.807) is 23.9 Å². The van der Waals surface area contributed by atoms with Crippen molar-refractivity contribution in [3.63, 3.8) is 0 Å². The quantitative estimate of drug-likeness (QED) is 0.411. The summed E-state index contributed by atoms with van der Waals surface area (Å²) < 4.78 is 79.8. The molecule has 1 unspecified atom stereocenters. The summed E-state index contributed by atoms with van der Waals surface area (Å²) in [4.78, 5) is 12.0. The first kappa shape index (κ1) is 24.2. The van der Waals surface area contributed by atoms with Crippen LogP contribution in [0.2, 0.25) is 0 Å². The number of rotatable bonds is 5. The van der Waals surface area contributed by atoms with Gasteiger partial charge in [-0.2, -0.15) is 23.2 Å². The van der Waals surface area contributed by atoms with Crippen LogP contribution >= 0.6 is 0 Å². The van der Waals surface area contributed by atoms with Gasteiger partial charge in [0.05, 0.1) is 23.1 Å². The first-order chi connectivity index (χ1) is 16.4. The monoisotopic (exact) mass is 504 g/mol. The van der Waals surface area contributed by atoms with Crippen molar-refractivity contribution in [3.05, 3.63) is 65.9 Å². The molecule has 8 nitrogen and oxygen atoms in total. The lowest BCUT2D eigenvalue weighted by atomic mass is 10.1. The van der Waals surface area contributed by atoms with Gasteiger partial charge in [-0.15, -0.1) is 0 Å². The Morgan fingerprint density at radius 2 is 1.83 bits per heavy atom. The summed E-state index contributed by atoms with van der Waals surface area (Å²) >= 11 is 0. The number of nitriles is 1. The number of nitrogens with one attached hydrogen (secondary N) is 1. The SMILES string of the molecule is Cc1cnc2c(C#N)c(-c3ccc(S(=O)(=O)NC(C)C(F)(F)F)cn3)n(-c3ccc(F)cn3)c2c1.